The lowest BCUT2D eigenvalue weighted by Gasteiger charge is -2.32. The van der Waals surface area contributed by atoms with E-state index in [4.69, 9.17) is 16.3 Å². The van der Waals surface area contributed by atoms with Crippen molar-refractivity contribution in [3.63, 3.8) is 0 Å². The molecule has 1 aromatic carbocycles. The predicted octanol–water partition coefficient (Wildman–Crippen LogP) is 3.40. The van der Waals surface area contributed by atoms with Gasteiger partial charge in [0.2, 0.25) is 5.91 Å². The molecule has 5 heteroatoms. The van der Waals surface area contributed by atoms with Gasteiger partial charge in [-0.1, -0.05) is 30.3 Å². The van der Waals surface area contributed by atoms with Crippen molar-refractivity contribution >= 4 is 17.5 Å². The lowest BCUT2D eigenvalue weighted by molar-refractivity contribution is -0.133. The van der Waals surface area contributed by atoms with Gasteiger partial charge in [-0.15, -0.1) is 0 Å². The summed E-state index contributed by atoms with van der Waals surface area (Å²) in [6.45, 7) is 6.62. The third-order valence-electron chi connectivity index (χ3n) is 4.68. The maximum atomic E-state index is 12.1. The average molecular weight is 349 g/mol. The number of benzene rings is 1. The first kappa shape index (κ1) is 17.3. The lowest BCUT2D eigenvalue weighted by Crippen LogP contribution is -2.45. The van der Waals surface area contributed by atoms with Gasteiger partial charge in [0.05, 0.1) is 5.02 Å². The minimum Gasteiger partial charge on any atom is -0.488 e. The monoisotopic (exact) mass is 348 g/mol. The zero-order valence-corrected chi connectivity index (χ0v) is 14.7. The van der Waals surface area contributed by atoms with Crippen molar-refractivity contribution < 1.29 is 9.53 Å². The van der Waals surface area contributed by atoms with E-state index in [0.29, 0.717) is 35.2 Å². The molecule has 1 aliphatic heterocycles. The molecule has 4 nitrogen and oxygen atoms in total. The second-order valence-electron chi connectivity index (χ2n) is 6.62. The van der Waals surface area contributed by atoms with Crippen LogP contribution in [0.5, 0.6) is 5.75 Å². The summed E-state index contributed by atoms with van der Waals surface area (Å²) in [4.78, 5) is 14.1. The fourth-order valence-corrected chi connectivity index (χ4v) is 3.33. The average Bonchev–Trinajstić information content (AvgIpc) is 3.44. The summed E-state index contributed by atoms with van der Waals surface area (Å²) < 4.78 is 5.49. The molecule has 0 unspecified atom stereocenters. The molecular weight excluding hydrogens is 324 g/mol. The number of carbonyl (C=O) groups excluding carboxylic acids is 1. The van der Waals surface area contributed by atoms with Crippen LogP contribution >= 0.6 is 11.6 Å². The number of carbonyl (C=O) groups is 1. The van der Waals surface area contributed by atoms with E-state index in [0.717, 1.165) is 50.9 Å². The number of piperidine rings is 1. The van der Waals surface area contributed by atoms with Crippen LogP contribution in [-0.2, 0) is 11.3 Å². The van der Waals surface area contributed by atoms with Gasteiger partial charge in [0.25, 0.3) is 0 Å². The maximum Gasteiger partial charge on any atom is 0.225 e. The minimum atomic E-state index is 0.332. The van der Waals surface area contributed by atoms with Crippen LogP contribution in [0, 0.1) is 5.92 Å². The van der Waals surface area contributed by atoms with Crippen molar-refractivity contribution in [3.05, 3.63) is 41.4 Å². The Morgan fingerprint density at radius 2 is 2.08 bits per heavy atom. The van der Waals surface area contributed by atoms with Crippen molar-refractivity contribution in [2.75, 3.05) is 19.7 Å². The Bertz CT molecular complexity index is 593. The van der Waals surface area contributed by atoms with Gasteiger partial charge >= 0.3 is 0 Å². The highest BCUT2D eigenvalue weighted by Crippen LogP contribution is 2.32. The Morgan fingerprint density at radius 1 is 1.33 bits per heavy atom. The summed E-state index contributed by atoms with van der Waals surface area (Å²) in [7, 11) is 0. The Hall–Kier alpha value is -1.52. The van der Waals surface area contributed by atoms with E-state index < -0.39 is 0 Å². The molecule has 0 radical (unpaired) electrons. The molecule has 1 aliphatic carbocycles. The standard InChI is InChI=1S/C19H25ClN2O2/c1-2-11-24-18-6-3-14(12-17(18)20)13-21-16-7-9-22(10-8-16)19(23)15-4-5-15/h2-3,6,12,15-16,21H,1,4-5,7-11,13H2. The summed E-state index contributed by atoms with van der Waals surface area (Å²) in [6, 6.07) is 6.34. The van der Waals surface area contributed by atoms with Crippen molar-refractivity contribution in [1.82, 2.24) is 10.2 Å². The van der Waals surface area contributed by atoms with Gasteiger partial charge in [0.15, 0.2) is 0 Å². The van der Waals surface area contributed by atoms with Gasteiger partial charge in [0, 0.05) is 31.6 Å². The zero-order valence-electron chi connectivity index (χ0n) is 14.0. The fourth-order valence-electron chi connectivity index (χ4n) is 3.07. The summed E-state index contributed by atoms with van der Waals surface area (Å²) in [5.74, 6) is 1.39. The highest BCUT2D eigenvalue weighted by atomic mass is 35.5. The zero-order chi connectivity index (χ0) is 16.9. The molecule has 1 aromatic rings. The molecule has 1 amide bonds. The van der Waals surface area contributed by atoms with E-state index in [1.807, 2.05) is 23.1 Å². The van der Waals surface area contributed by atoms with Gasteiger partial charge in [-0.3, -0.25) is 4.79 Å². The Kier molecular flexibility index (Phi) is 5.80. The predicted molar refractivity (Wildman–Crippen MR) is 96.3 cm³/mol. The van der Waals surface area contributed by atoms with Crippen molar-refractivity contribution in [1.29, 1.82) is 0 Å². The summed E-state index contributed by atoms with van der Waals surface area (Å²) in [6.07, 6.45) is 5.92. The summed E-state index contributed by atoms with van der Waals surface area (Å²) >= 11 is 6.24. The number of amides is 1. The number of hydrogen-bond donors (Lipinski definition) is 1. The molecule has 1 heterocycles. The van der Waals surface area contributed by atoms with Gasteiger partial charge in [-0.05, 0) is 43.4 Å². The molecule has 24 heavy (non-hydrogen) atoms. The summed E-state index contributed by atoms with van der Waals surface area (Å²) in [5.41, 5.74) is 1.14. The number of halogens is 1. The number of nitrogens with zero attached hydrogens (tertiary/aromatic N) is 1. The number of rotatable bonds is 7. The van der Waals surface area contributed by atoms with Crippen LogP contribution in [0.3, 0.4) is 0 Å². The van der Waals surface area contributed by atoms with Crippen LogP contribution in [-0.4, -0.2) is 36.5 Å². The second kappa shape index (κ2) is 8.04. The van der Waals surface area contributed by atoms with Crippen LogP contribution in [0.15, 0.2) is 30.9 Å². The van der Waals surface area contributed by atoms with E-state index >= 15 is 0 Å². The van der Waals surface area contributed by atoms with Crippen molar-refractivity contribution in [3.8, 4) is 5.75 Å². The maximum absolute atomic E-state index is 12.1. The Labute approximate surface area is 148 Å². The third kappa shape index (κ3) is 4.52. The lowest BCUT2D eigenvalue weighted by atomic mass is 10.0. The first-order valence-electron chi connectivity index (χ1n) is 8.71. The molecule has 0 bridgehead atoms. The van der Waals surface area contributed by atoms with E-state index in [9.17, 15) is 4.79 Å². The van der Waals surface area contributed by atoms with Crippen LogP contribution in [0.1, 0.15) is 31.2 Å². The first-order chi connectivity index (χ1) is 11.7. The van der Waals surface area contributed by atoms with E-state index in [1.54, 1.807) is 6.08 Å². The molecule has 1 saturated carbocycles. The largest absolute Gasteiger partial charge is 0.488 e. The topological polar surface area (TPSA) is 41.6 Å². The molecular formula is C19H25ClN2O2. The van der Waals surface area contributed by atoms with Gasteiger partial charge in [-0.25, -0.2) is 0 Å². The molecule has 2 fully saturated rings. The van der Waals surface area contributed by atoms with Gasteiger partial charge in [-0.2, -0.15) is 0 Å². The van der Waals surface area contributed by atoms with E-state index in [2.05, 4.69) is 11.9 Å². The third-order valence-corrected chi connectivity index (χ3v) is 4.98. The number of likely N-dealkylation sites (tertiary alicyclic amines) is 1. The molecule has 3 rings (SSSR count). The van der Waals surface area contributed by atoms with Crippen LogP contribution in [0.2, 0.25) is 5.02 Å². The van der Waals surface area contributed by atoms with Crippen LogP contribution < -0.4 is 10.1 Å². The first-order valence-corrected chi connectivity index (χ1v) is 9.09. The highest BCUT2D eigenvalue weighted by Gasteiger charge is 2.34. The molecule has 0 spiro atoms. The molecule has 1 N–H and O–H groups in total. The number of ether oxygens (including phenoxy) is 1. The molecule has 130 valence electrons. The fraction of sp³-hybridized carbons (Fsp3) is 0.526. The van der Waals surface area contributed by atoms with Crippen molar-refractivity contribution in [2.24, 2.45) is 5.92 Å². The number of hydrogen-bond acceptors (Lipinski definition) is 3. The van der Waals surface area contributed by atoms with Crippen LogP contribution in [0.4, 0.5) is 0 Å². The number of nitrogens with one attached hydrogen (secondary N) is 1. The van der Waals surface area contributed by atoms with E-state index in [1.165, 1.54) is 0 Å². The van der Waals surface area contributed by atoms with E-state index in [-0.39, 0.29) is 0 Å². The molecule has 1 saturated heterocycles. The quantitative estimate of drug-likeness (QED) is 0.768. The SMILES string of the molecule is C=CCOc1ccc(CNC2CCN(C(=O)C3CC3)CC2)cc1Cl. The summed E-state index contributed by atoms with van der Waals surface area (Å²) in [5, 5.41) is 4.20. The normalized spacial score (nSPS) is 18.5. The Balaban J connectivity index is 1.43. The van der Waals surface area contributed by atoms with Gasteiger partial charge < -0.3 is 15.0 Å². The molecule has 0 atom stereocenters. The smallest absolute Gasteiger partial charge is 0.225 e. The van der Waals surface area contributed by atoms with Gasteiger partial charge in [0.1, 0.15) is 12.4 Å². The highest BCUT2D eigenvalue weighted by molar-refractivity contribution is 6.32. The second-order valence-corrected chi connectivity index (χ2v) is 7.03. The molecule has 0 aromatic heterocycles. The Morgan fingerprint density at radius 3 is 2.71 bits per heavy atom. The molecule has 2 aliphatic rings. The van der Waals surface area contributed by atoms with Crippen molar-refractivity contribution in [2.45, 2.75) is 38.3 Å². The minimum absolute atomic E-state index is 0.332. The van der Waals surface area contributed by atoms with Crippen LogP contribution in [0.25, 0.3) is 0 Å².